The fourth-order valence-electron chi connectivity index (χ4n) is 4.19. The summed E-state index contributed by atoms with van der Waals surface area (Å²) in [4.78, 5) is 16.6. The molecule has 29 heavy (non-hydrogen) atoms. The van der Waals surface area contributed by atoms with Gasteiger partial charge in [0.2, 0.25) is 5.91 Å². The number of hydrogen-bond donors (Lipinski definition) is 0. The Balaban J connectivity index is 1.59. The first-order valence-electron chi connectivity index (χ1n) is 9.51. The third-order valence-corrected chi connectivity index (χ3v) is 7.84. The number of aryl methyl sites for hydroxylation is 1. The molecule has 0 saturated carbocycles. The van der Waals surface area contributed by atoms with Crippen molar-refractivity contribution in [2.75, 3.05) is 29.5 Å². The average molecular weight is 437 g/mol. The molecule has 2 aromatic rings. The van der Waals surface area contributed by atoms with Crippen LogP contribution in [0.25, 0.3) is 0 Å². The molecule has 0 radical (unpaired) electrons. The van der Waals surface area contributed by atoms with E-state index in [4.69, 9.17) is 11.6 Å². The number of sulfone groups is 1. The van der Waals surface area contributed by atoms with Gasteiger partial charge in [-0.3, -0.25) is 9.69 Å². The Bertz CT molecular complexity index is 1040. The number of rotatable bonds is 4. The Labute approximate surface area is 175 Å². The molecule has 1 amide bonds. The van der Waals surface area contributed by atoms with Crippen molar-refractivity contribution < 1.29 is 17.6 Å². The summed E-state index contributed by atoms with van der Waals surface area (Å²) in [5.74, 6) is -0.453. The number of halogens is 2. The number of anilines is 1. The van der Waals surface area contributed by atoms with Crippen LogP contribution in [0.3, 0.4) is 0 Å². The summed E-state index contributed by atoms with van der Waals surface area (Å²) in [6, 6.07) is 10.9. The highest BCUT2D eigenvalue weighted by atomic mass is 35.5. The van der Waals surface area contributed by atoms with E-state index in [0.29, 0.717) is 23.7 Å². The highest BCUT2D eigenvalue weighted by molar-refractivity contribution is 7.91. The van der Waals surface area contributed by atoms with Crippen molar-refractivity contribution in [2.24, 2.45) is 0 Å². The van der Waals surface area contributed by atoms with Gasteiger partial charge in [-0.2, -0.15) is 0 Å². The van der Waals surface area contributed by atoms with Crippen molar-refractivity contribution in [3.63, 3.8) is 0 Å². The second-order valence-electron chi connectivity index (χ2n) is 7.76. The normalized spacial score (nSPS) is 24.0. The van der Waals surface area contributed by atoms with Gasteiger partial charge in [0.15, 0.2) is 9.84 Å². The van der Waals surface area contributed by atoms with E-state index in [1.165, 1.54) is 12.1 Å². The molecule has 2 aliphatic rings. The number of nitrogens with zero attached hydrogens (tertiary/aromatic N) is 2. The monoisotopic (exact) mass is 436 g/mol. The molecule has 5 nitrogen and oxygen atoms in total. The molecule has 2 saturated heterocycles. The molecule has 154 valence electrons. The van der Waals surface area contributed by atoms with Gasteiger partial charge in [0.25, 0.3) is 0 Å². The average Bonchev–Trinajstić information content (AvgIpc) is 2.98. The second kappa shape index (κ2) is 7.70. The summed E-state index contributed by atoms with van der Waals surface area (Å²) in [5, 5.41) is 0.548. The lowest BCUT2D eigenvalue weighted by molar-refractivity contribution is -0.123. The van der Waals surface area contributed by atoms with Crippen molar-refractivity contribution in [1.82, 2.24) is 4.90 Å². The van der Waals surface area contributed by atoms with Crippen molar-refractivity contribution in [3.05, 3.63) is 64.4 Å². The number of hydrogen-bond acceptors (Lipinski definition) is 4. The number of piperazine rings is 1. The van der Waals surface area contributed by atoms with Crippen molar-refractivity contribution in [3.8, 4) is 0 Å². The molecule has 0 unspecified atom stereocenters. The van der Waals surface area contributed by atoms with Crippen LogP contribution in [0.15, 0.2) is 42.5 Å². The predicted octanol–water partition coefficient (Wildman–Crippen LogP) is 2.84. The van der Waals surface area contributed by atoms with E-state index in [9.17, 15) is 17.6 Å². The quantitative estimate of drug-likeness (QED) is 0.739. The first-order chi connectivity index (χ1) is 13.7. The summed E-state index contributed by atoms with van der Waals surface area (Å²) in [7, 11) is -3.25. The van der Waals surface area contributed by atoms with E-state index in [1.54, 1.807) is 23.1 Å². The van der Waals surface area contributed by atoms with Crippen molar-refractivity contribution in [2.45, 2.75) is 25.4 Å². The van der Waals surface area contributed by atoms with Crippen LogP contribution in [0.1, 0.15) is 11.1 Å². The molecular formula is C21H22ClFN2O3S. The van der Waals surface area contributed by atoms with Gasteiger partial charge in [-0.25, -0.2) is 12.8 Å². The summed E-state index contributed by atoms with van der Waals surface area (Å²) < 4.78 is 38.0. The lowest BCUT2D eigenvalue weighted by atomic mass is 10.0. The number of carbonyl (C=O) groups excluding carboxylic acids is 1. The number of carbonyl (C=O) groups is 1. The third kappa shape index (κ3) is 4.17. The number of fused-ring (bicyclic) bond motifs is 1. The Hall–Kier alpha value is -1.96. The van der Waals surface area contributed by atoms with E-state index in [1.807, 2.05) is 24.0 Å². The fourth-order valence-corrected chi connectivity index (χ4v) is 6.35. The van der Waals surface area contributed by atoms with Crippen LogP contribution in [0, 0.1) is 12.7 Å². The molecule has 0 spiro atoms. The van der Waals surface area contributed by atoms with Gasteiger partial charge in [-0.15, -0.1) is 0 Å². The molecule has 2 heterocycles. The molecule has 0 N–H and O–H groups in total. The number of benzene rings is 2. The van der Waals surface area contributed by atoms with Gasteiger partial charge >= 0.3 is 0 Å². The topological polar surface area (TPSA) is 57.7 Å². The highest BCUT2D eigenvalue weighted by Gasteiger charge is 2.49. The van der Waals surface area contributed by atoms with E-state index < -0.39 is 15.9 Å². The molecule has 0 aromatic heterocycles. The zero-order chi connectivity index (χ0) is 20.8. The Kier molecular flexibility index (Phi) is 5.40. The Morgan fingerprint density at radius 3 is 2.48 bits per heavy atom. The van der Waals surface area contributed by atoms with E-state index in [-0.39, 0.29) is 35.8 Å². The maximum atomic E-state index is 13.1. The van der Waals surface area contributed by atoms with Gasteiger partial charge in [-0.1, -0.05) is 29.8 Å². The zero-order valence-electron chi connectivity index (χ0n) is 16.0. The smallest absolute Gasteiger partial charge is 0.241 e. The van der Waals surface area contributed by atoms with E-state index >= 15 is 0 Å². The minimum absolute atomic E-state index is 0.0322. The molecule has 2 fully saturated rings. The van der Waals surface area contributed by atoms with Crippen LogP contribution in [0.5, 0.6) is 0 Å². The first kappa shape index (κ1) is 20.3. The van der Waals surface area contributed by atoms with Crippen LogP contribution in [0.2, 0.25) is 5.02 Å². The highest BCUT2D eigenvalue weighted by Crippen LogP contribution is 2.33. The standard InChI is InChI=1S/C21H22ClFN2O3S/c1-14-2-7-17(10-18(14)22)25-20-13-29(27,28)12-19(20)24(11-21(25)26)9-8-15-3-5-16(23)6-4-15/h2-7,10,19-20H,8-9,11-13H2,1H3/t19-,20+/m0/s1. The lowest BCUT2D eigenvalue weighted by Gasteiger charge is -2.43. The Morgan fingerprint density at radius 1 is 1.10 bits per heavy atom. The molecule has 2 atom stereocenters. The Morgan fingerprint density at radius 2 is 1.79 bits per heavy atom. The molecule has 2 aromatic carbocycles. The fraction of sp³-hybridized carbons (Fsp3) is 0.381. The van der Waals surface area contributed by atoms with Crippen molar-refractivity contribution >= 4 is 33.0 Å². The summed E-state index contributed by atoms with van der Waals surface area (Å²) >= 11 is 6.24. The van der Waals surface area contributed by atoms with Crippen LogP contribution in [0.4, 0.5) is 10.1 Å². The van der Waals surface area contributed by atoms with Crippen LogP contribution in [-0.4, -0.2) is 55.9 Å². The van der Waals surface area contributed by atoms with E-state index in [0.717, 1.165) is 11.1 Å². The molecular weight excluding hydrogens is 415 g/mol. The molecule has 4 rings (SSSR count). The predicted molar refractivity (Wildman–Crippen MR) is 112 cm³/mol. The van der Waals surface area contributed by atoms with Crippen LogP contribution >= 0.6 is 11.6 Å². The third-order valence-electron chi connectivity index (χ3n) is 5.74. The van der Waals surface area contributed by atoms with Crippen LogP contribution < -0.4 is 4.90 Å². The molecule has 0 bridgehead atoms. The van der Waals surface area contributed by atoms with Gasteiger partial charge in [0.1, 0.15) is 5.82 Å². The van der Waals surface area contributed by atoms with Gasteiger partial charge < -0.3 is 4.90 Å². The zero-order valence-corrected chi connectivity index (χ0v) is 17.6. The molecule has 2 aliphatic heterocycles. The van der Waals surface area contributed by atoms with Crippen LogP contribution in [-0.2, 0) is 21.1 Å². The maximum Gasteiger partial charge on any atom is 0.241 e. The van der Waals surface area contributed by atoms with Gasteiger partial charge in [0.05, 0.1) is 24.1 Å². The minimum atomic E-state index is -3.25. The van der Waals surface area contributed by atoms with E-state index in [2.05, 4.69) is 0 Å². The second-order valence-corrected chi connectivity index (χ2v) is 10.3. The minimum Gasteiger partial charge on any atom is -0.306 e. The molecule has 8 heteroatoms. The van der Waals surface area contributed by atoms with Crippen molar-refractivity contribution in [1.29, 1.82) is 0 Å². The first-order valence-corrected chi connectivity index (χ1v) is 11.7. The largest absolute Gasteiger partial charge is 0.306 e. The lowest BCUT2D eigenvalue weighted by Crippen LogP contribution is -2.62. The maximum absolute atomic E-state index is 13.1. The SMILES string of the molecule is Cc1ccc(N2C(=O)CN(CCc3ccc(F)cc3)[C@H]3CS(=O)(=O)C[C@H]32)cc1Cl. The van der Waals surface area contributed by atoms with Gasteiger partial charge in [-0.05, 0) is 48.7 Å². The summed E-state index contributed by atoms with van der Waals surface area (Å²) in [6.07, 6.45) is 0.618. The molecule has 0 aliphatic carbocycles. The summed E-state index contributed by atoms with van der Waals surface area (Å²) in [5.41, 5.74) is 2.48. The summed E-state index contributed by atoms with van der Waals surface area (Å²) in [6.45, 7) is 2.56. The van der Waals surface area contributed by atoms with Gasteiger partial charge in [0, 0.05) is 23.3 Å². The number of amides is 1.